The summed E-state index contributed by atoms with van der Waals surface area (Å²) in [6.45, 7) is 8.17. The number of carbonyl (C=O) groups is 2. The SMILES string of the molecule is CC=c1cc(N2CCC(C(=O)N3CCOCC3)C2)ccc1=C(C)C=O. The Morgan fingerprint density at radius 1 is 1.24 bits per heavy atom. The van der Waals surface area contributed by atoms with Crippen LogP contribution in [0.25, 0.3) is 11.6 Å². The zero-order chi connectivity index (χ0) is 17.8. The van der Waals surface area contributed by atoms with Gasteiger partial charge in [0.15, 0.2) is 0 Å². The molecule has 1 amide bonds. The van der Waals surface area contributed by atoms with Crippen molar-refractivity contribution in [2.24, 2.45) is 5.92 Å². The first-order chi connectivity index (χ1) is 12.1. The van der Waals surface area contributed by atoms with Crippen LogP contribution in [0.3, 0.4) is 0 Å². The average Bonchev–Trinajstić information content (AvgIpc) is 3.17. The summed E-state index contributed by atoms with van der Waals surface area (Å²) in [4.78, 5) is 28.0. The molecule has 5 heteroatoms. The zero-order valence-electron chi connectivity index (χ0n) is 15.0. The van der Waals surface area contributed by atoms with Gasteiger partial charge in [0.2, 0.25) is 5.91 Å². The largest absolute Gasteiger partial charge is 0.378 e. The topological polar surface area (TPSA) is 49.9 Å². The molecule has 134 valence electrons. The second-order valence-corrected chi connectivity index (χ2v) is 6.73. The van der Waals surface area contributed by atoms with Crippen LogP contribution >= 0.6 is 0 Å². The molecule has 2 heterocycles. The zero-order valence-corrected chi connectivity index (χ0v) is 15.0. The number of morpholine rings is 1. The van der Waals surface area contributed by atoms with Crippen molar-refractivity contribution in [3.8, 4) is 0 Å². The molecule has 1 unspecified atom stereocenters. The molecule has 5 nitrogen and oxygen atoms in total. The number of hydrogen-bond donors (Lipinski definition) is 0. The maximum atomic E-state index is 12.7. The molecule has 1 aromatic carbocycles. The summed E-state index contributed by atoms with van der Waals surface area (Å²) in [5.74, 6) is 0.324. The lowest BCUT2D eigenvalue weighted by molar-refractivity contribution is -0.138. The highest BCUT2D eigenvalue weighted by atomic mass is 16.5. The van der Waals surface area contributed by atoms with E-state index in [1.807, 2.05) is 30.9 Å². The van der Waals surface area contributed by atoms with E-state index in [0.717, 1.165) is 47.5 Å². The van der Waals surface area contributed by atoms with Crippen LogP contribution in [0.15, 0.2) is 18.2 Å². The number of benzene rings is 1. The van der Waals surface area contributed by atoms with Crippen LogP contribution in [-0.2, 0) is 14.3 Å². The van der Waals surface area contributed by atoms with Crippen molar-refractivity contribution in [1.82, 2.24) is 4.90 Å². The van der Waals surface area contributed by atoms with Gasteiger partial charge < -0.3 is 14.5 Å². The first-order valence-electron chi connectivity index (χ1n) is 8.98. The summed E-state index contributed by atoms with van der Waals surface area (Å²) in [6.07, 6.45) is 3.82. The Morgan fingerprint density at radius 3 is 2.68 bits per heavy atom. The minimum absolute atomic E-state index is 0.0649. The van der Waals surface area contributed by atoms with E-state index in [1.165, 1.54) is 0 Å². The molecule has 25 heavy (non-hydrogen) atoms. The van der Waals surface area contributed by atoms with Crippen LogP contribution in [0.2, 0.25) is 0 Å². The van der Waals surface area contributed by atoms with E-state index >= 15 is 0 Å². The fourth-order valence-electron chi connectivity index (χ4n) is 3.65. The molecule has 2 aliphatic heterocycles. The number of ether oxygens (including phenoxy) is 1. The molecule has 0 spiro atoms. The lowest BCUT2D eigenvalue weighted by Gasteiger charge is -2.29. The number of amides is 1. The van der Waals surface area contributed by atoms with Gasteiger partial charge in [-0.25, -0.2) is 0 Å². The maximum absolute atomic E-state index is 12.7. The van der Waals surface area contributed by atoms with Crippen LogP contribution in [0.5, 0.6) is 0 Å². The fourth-order valence-corrected chi connectivity index (χ4v) is 3.65. The molecule has 0 radical (unpaired) electrons. The quantitative estimate of drug-likeness (QED) is 0.753. The van der Waals surface area contributed by atoms with Crippen molar-refractivity contribution in [1.29, 1.82) is 0 Å². The van der Waals surface area contributed by atoms with E-state index in [9.17, 15) is 9.59 Å². The predicted molar refractivity (Wildman–Crippen MR) is 98.7 cm³/mol. The Balaban J connectivity index is 1.76. The number of nitrogens with zero attached hydrogens (tertiary/aromatic N) is 2. The van der Waals surface area contributed by atoms with Crippen molar-refractivity contribution in [2.45, 2.75) is 20.3 Å². The third-order valence-corrected chi connectivity index (χ3v) is 5.17. The second-order valence-electron chi connectivity index (χ2n) is 6.73. The first kappa shape index (κ1) is 17.7. The molecular formula is C20H26N2O3. The molecule has 1 atom stereocenters. The highest BCUT2D eigenvalue weighted by molar-refractivity contribution is 5.97. The van der Waals surface area contributed by atoms with Crippen molar-refractivity contribution in [3.63, 3.8) is 0 Å². The molecule has 0 saturated carbocycles. The first-order valence-corrected chi connectivity index (χ1v) is 8.98. The van der Waals surface area contributed by atoms with Gasteiger partial charge in [0.25, 0.3) is 0 Å². The summed E-state index contributed by atoms with van der Waals surface area (Å²) >= 11 is 0. The highest BCUT2D eigenvalue weighted by Gasteiger charge is 2.32. The predicted octanol–water partition coefficient (Wildman–Crippen LogP) is 0.542. The van der Waals surface area contributed by atoms with Gasteiger partial charge in [-0.3, -0.25) is 9.59 Å². The Labute approximate surface area is 148 Å². The van der Waals surface area contributed by atoms with E-state index in [0.29, 0.717) is 26.3 Å². The molecule has 2 aliphatic rings. The molecule has 2 fully saturated rings. The van der Waals surface area contributed by atoms with Gasteiger partial charge in [0.05, 0.1) is 19.1 Å². The molecular weight excluding hydrogens is 316 g/mol. The van der Waals surface area contributed by atoms with Crippen LogP contribution in [-0.4, -0.2) is 56.5 Å². The summed E-state index contributed by atoms with van der Waals surface area (Å²) in [6, 6.07) is 6.17. The lowest BCUT2D eigenvalue weighted by atomic mass is 10.1. The Bertz CT molecular complexity index is 766. The van der Waals surface area contributed by atoms with E-state index in [4.69, 9.17) is 4.74 Å². The Morgan fingerprint density at radius 2 is 2.00 bits per heavy atom. The van der Waals surface area contributed by atoms with Gasteiger partial charge in [0.1, 0.15) is 6.29 Å². The van der Waals surface area contributed by atoms with Gasteiger partial charge in [-0.2, -0.15) is 0 Å². The van der Waals surface area contributed by atoms with E-state index in [-0.39, 0.29) is 11.8 Å². The molecule has 0 aromatic heterocycles. The van der Waals surface area contributed by atoms with E-state index in [2.05, 4.69) is 17.0 Å². The maximum Gasteiger partial charge on any atom is 0.227 e. The summed E-state index contributed by atoms with van der Waals surface area (Å²) in [7, 11) is 0. The van der Waals surface area contributed by atoms with Crippen LogP contribution in [0, 0.1) is 5.92 Å². The Hall–Kier alpha value is -2.14. The van der Waals surface area contributed by atoms with Crippen LogP contribution in [0.4, 0.5) is 5.69 Å². The van der Waals surface area contributed by atoms with Gasteiger partial charge in [0, 0.05) is 31.9 Å². The minimum Gasteiger partial charge on any atom is -0.378 e. The van der Waals surface area contributed by atoms with Crippen molar-refractivity contribution < 1.29 is 14.3 Å². The second kappa shape index (κ2) is 7.83. The monoisotopic (exact) mass is 342 g/mol. The van der Waals surface area contributed by atoms with E-state index in [1.54, 1.807) is 0 Å². The number of carbonyl (C=O) groups excluding carboxylic acids is 2. The molecule has 0 bridgehead atoms. The lowest BCUT2D eigenvalue weighted by Crippen LogP contribution is -2.44. The van der Waals surface area contributed by atoms with Crippen LogP contribution < -0.4 is 15.3 Å². The van der Waals surface area contributed by atoms with Crippen molar-refractivity contribution in [2.75, 3.05) is 44.3 Å². The normalized spacial score (nSPS) is 23.0. The van der Waals surface area contributed by atoms with Gasteiger partial charge in [-0.1, -0.05) is 12.1 Å². The van der Waals surface area contributed by atoms with Gasteiger partial charge in [-0.05, 0) is 48.4 Å². The third-order valence-electron chi connectivity index (χ3n) is 5.17. The van der Waals surface area contributed by atoms with E-state index < -0.39 is 0 Å². The van der Waals surface area contributed by atoms with Crippen LogP contribution in [0.1, 0.15) is 20.3 Å². The number of aldehydes is 1. The Kier molecular flexibility index (Phi) is 5.53. The molecule has 2 saturated heterocycles. The number of rotatable bonds is 3. The number of hydrogen-bond acceptors (Lipinski definition) is 4. The number of anilines is 1. The summed E-state index contributed by atoms with van der Waals surface area (Å²) < 4.78 is 5.33. The molecule has 0 aliphatic carbocycles. The van der Waals surface area contributed by atoms with Crippen molar-refractivity contribution >= 4 is 29.5 Å². The highest BCUT2D eigenvalue weighted by Crippen LogP contribution is 2.24. The van der Waals surface area contributed by atoms with Crippen molar-refractivity contribution in [3.05, 3.63) is 28.6 Å². The van der Waals surface area contributed by atoms with Gasteiger partial charge >= 0.3 is 0 Å². The fraction of sp³-hybridized carbons (Fsp3) is 0.500. The van der Waals surface area contributed by atoms with Gasteiger partial charge in [-0.15, -0.1) is 0 Å². The third kappa shape index (κ3) is 3.76. The average molecular weight is 342 g/mol. The summed E-state index contributed by atoms with van der Waals surface area (Å²) in [5, 5.41) is 2.03. The standard InChI is InChI=1S/C20H26N2O3/c1-3-16-12-18(4-5-19(16)15(2)14-23)22-7-6-17(13-22)20(24)21-8-10-25-11-9-21/h3-5,12,14,17H,6-11,13H2,1-2H3. The molecule has 0 N–H and O–H groups in total. The molecule has 3 rings (SSSR count). The molecule has 1 aromatic rings. The minimum atomic E-state index is 0.0649. The smallest absolute Gasteiger partial charge is 0.227 e. The summed E-state index contributed by atoms with van der Waals surface area (Å²) in [5.41, 5.74) is 1.86.